The number of benzene rings is 2. The Morgan fingerprint density at radius 3 is 2.57 bits per heavy atom. The van der Waals surface area contributed by atoms with Gasteiger partial charge in [-0.3, -0.25) is 9.69 Å². The third-order valence-electron chi connectivity index (χ3n) is 5.86. The van der Waals surface area contributed by atoms with Gasteiger partial charge in [0.05, 0.1) is 10.9 Å². The molecule has 5 heteroatoms. The summed E-state index contributed by atoms with van der Waals surface area (Å²) in [6.45, 7) is 2.91. The Bertz CT molecular complexity index is 1180. The van der Waals surface area contributed by atoms with Crippen molar-refractivity contribution in [3.05, 3.63) is 88.1 Å². The first-order valence-corrected chi connectivity index (χ1v) is 9.77. The van der Waals surface area contributed by atoms with Crippen molar-refractivity contribution in [2.24, 2.45) is 0 Å². The summed E-state index contributed by atoms with van der Waals surface area (Å²) < 4.78 is 15.2. The van der Waals surface area contributed by atoms with E-state index in [1.54, 1.807) is 12.1 Å². The van der Waals surface area contributed by atoms with E-state index in [-0.39, 0.29) is 11.4 Å². The minimum absolute atomic E-state index is 0.0483. The van der Waals surface area contributed by atoms with Crippen LogP contribution >= 0.6 is 0 Å². The lowest BCUT2D eigenvalue weighted by Gasteiger charge is -2.32. The number of H-pyrrole nitrogens is 1. The first-order chi connectivity index (χ1) is 13.7. The SMILES string of the molecule is O=c1[nH]c2cc(CN3CCC(c4ccc(F)cc4)CC3)cn2c2ccccc12. The number of rotatable bonds is 3. The van der Waals surface area contributed by atoms with Crippen LogP contribution in [0.3, 0.4) is 0 Å². The second kappa shape index (κ2) is 6.91. The fourth-order valence-electron chi connectivity index (χ4n) is 4.38. The lowest BCUT2D eigenvalue weighted by molar-refractivity contribution is 0.204. The Morgan fingerprint density at radius 1 is 1.04 bits per heavy atom. The van der Waals surface area contributed by atoms with Crippen molar-refractivity contribution in [1.29, 1.82) is 0 Å². The van der Waals surface area contributed by atoms with Crippen LogP contribution in [0.25, 0.3) is 16.6 Å². The molecule has 1 saturated heterocycles. The van der Waals surface area contributed by atoms with Crippen LogP contribution in [0.1, 0.15) is 29.9 Å². The van der Waals surface area contributed by atoms with Crippen LogP contribution < -0.4 is 5.56 Å². The van der Waals surface area contributed by atoms with Crippen molar-refractivity contribution >= 4 is 16.6 Å². The first kappa shape index (κ1) is 17.2. The summed E-state index contributed by atoms with van der Waals surface area (Å²) in [6, 6.07) is 16.7. The molecule has 0 aliphatic carbocycles. The molecule has 2 aromatic carbocycles. The zero-order valence-electron chi connectivity index (χ0n) is 15.6. The lowest BCUT2D eigenvalue weighted by atomic mass is 9.89. The van der Waals surface area contributed by atoms with Gasteiger partial charge in [-0.15, -0.1) is 0 Å². The number of likely N-dealkylation sites (tertiary alicyclic amines) is 1. The van der Waals surface area contributed by atoms with Crippen molar-refractivity contribution in [3.8, 4) is 0 Å². The molecular weight excluding hydrogens is 353 g/mol. The molecular formula is C23H22FN3O. The van der Waals surface area contributed by atoms with Crippen molar-refractivity contribution < 1.29 is 4.39 Å². The van der Waals surface area contributed by atoms with Crippen molar-refractivity contribution in [1.82, 2.24) is 14.3 Å². The van der Waals surface area contributed by atoms with Gasteiger partial charge in [-0.2, -0.15) is 0 Å². The molecule has 0 bridgehead atoms. The molecule has 1 fully saturated rings. The highest BCUT2D eigenvalue weighted by Gasteiger charge is 2.21. The van der Waals surface area contributed by atoms with E-state index in [1.807, 2.05) is 36.4 Å². The maximum Gasteiger partial charge on any atom is 0.258 e. The third kappa shape index (κ3) is 3.12. The summed E-state index contributed by atoms with van der Waals surface area (Å²) in [4.78, 5) is 17.7. The second-order valence-corrected chi connectivity index (χ2v) is 7.68. The van der Waals surface area contributed by atoms with Gasteiger partial charge >= 0.3 is 0 Å². The Balaban J connectivity index is 1.33. The molecule has 142 valence electrons. The van der Waals surface area contributed by atoms with Crippen LogP contribution in [0.5, 0.6) is 0 Å². The van der Waals surface area contributed by atoms with Gasteiger partial charge in [-0.1, -0.05) is 24.3 Å². The number of halogens is 1. The molecule has 28 heavy (non-hydrogen) atoms. The number of hydrogen-bond donors (Lipinski definition) is 1. The summed E-state index contributed by atoms with van der Waals surface area (Å²) >= 11 is 0. The molecule has 0 amide bonds. The van der Waals surface area contributed by atoms with Crippen LogP contribution in [0.15, 0.2) is 65.6 Å². The third-order valence-corrected chi connectivity index (χ3v) is 5.86. The zero-order valence-corrected chi connectivity index (χ0v) is 15.6. The molecule has 4 nitrogen and oxygen atoms in total. The standard InChI is InChI=1S/C23H22FN3O/c24-19-7-5-17(6-8-19)18-9-11-26(12-10-18)14-16-13-22-25-23(28)20-3-1-2-4-21(20)27(22)15-16/h1-8,13,15,18H,9-12,14H2,(H,25,28). The summed E-state index contributed by atoms with van der Waals surface area (Å²) in [6.07, 6.45) is 4.29. The molecule has 0 unspecified atom stereocenters. The minimum Gasteiger partial charge on any atom is -0.308 e. The minimum atomic E-state index is -0.174. The molecule has 1 aliphatic rings. The second-order valence-electron chi connectivity index (χ2n) is 7.68. The smallest absolute Gasteiger partial charge is 0.258 e. The van der Waals surface area contributed by atoms with Crippen LogP contribution in [0.2, 0.25) is 0 Å². The van der Waals surface area contributed by atoms with E-state index in [2.05, 4.69) is 26.5 Å². The van der Waals surface area contributed by atoms with E-state index in [1.165, 1.54) is 11.1 Å². The largest absolute Gasteiger partial charge is 0.308 e. The maximum absolute atomic E-state index is 13.1. The highest BCUT2D eigenvalue weighted by atomic mass is 19.1. The highest BCUT2D eigenvalue weighted by Crippen LogP contribution is 2.29. The Labute approximate surface area is 162 Å². The van der Waals surface area contributed by atoms with Gasteiger partial charge in [0, 0.05) is 12.7 Å². The van der Waals surface area contributed by atoms with Gasteiger partial charge in [-0.05, 0) is 73.3 Å². The number of nitrogens with zero attached hydrogens (tertiary/aromatic N) is 2. The summed E-state index contributed by atoms with van der Waals surface area (Å²) in [5, 5.41) is 0.706. The van der Waals surface area contributed by atoms with Gasteiger partial charge in [-0.25, -0.2) is 4.39 Å². The number of piperidine rings is 1. The van der Waals surface area contributed by atoms with Gasteiger partial charge in [0.1, 0.15) is 11.5 Å². The predicted molar refractivity (Wildman–Crippen MR) is 109 cm³/mol. The predicted octanol–water partition coefficient (Wildman–Crippen LogP) is 4.30. The Kier molecular flexibility index (Phi) is 4.24. The molecule has 1 N–H and O–H groups in total. The summed E-state index contributed by atoms with van der Waals surface area (Å²) in [5.41, 5.74) is 4.15. The van der Waals surface area contributed by atoms with E-state index in [0.717, 1.165) is 43.6 Å². The number of para-hydroxylation sites is 1. The maximum atomic E-state index is 13.1. The summed E-state index contributed by atoms with van der Waals surface area (Å²) in [7, 11) is 0. The van der Waals surface area contributed by atoms with Crippen LogP contribution in [-0.4, -0.2) is 27.4 Å². The molecule has 0 atom stereocenters. The molecule has 0 saturated carbocycles. The zero-order chi connectivity index (χ0) is 19.1. The van der Waals surface area contributed by atoms with Crippen molar-refractivity contribution in [2.45, 2.75) is 25.3 Å². The molecule has 1 aliphatic heterocycles. The number of hydrogen-bond acceptors (Lipinski definition) is 2. The van der Waals surface area contributed by atoms with Crippen LogP contribution in [0, 0.1) is 5.82 Å². The number of nitrogens with one attached hydrogen (secondary N) is 1. The van der Waals surface area contributed by atoms with Crippen LogP contribution in [-0.2, 0) is 6.54 Å². The van der Waals surface area contributed by atoms with Gasteiger partial charge in [0.2, 0.25) is 0 Å². The fraction of sp³-hybridized carbons (Fsp3) is 0.261. The topological polar surface area (TPSA) is 40.5 Å². The Morgan fingerprint density at radius 2 is 1.79 bits per heavy atom. The van der Waals surface area contributed by atoms with Gasteiger partial charge < -0.3 is 9.38 Å². The molecule has 2 aromatic heterocycles. The quantitative estimate of drug-likeness (QED) is 0.580. The monoisotopic (exact) mass is 375 g/mol. The van der Waals surface area contributed by atoms with E-state index in [0.29, 0.717) is 11.3 Å². The molecule has 0 radical (unpaired) electrons. The molecule has 4 aromatic rings. The average molecular weight is 375 g/mol. The number of aromatic nitrogens is 2. The normalized spacial score (nSPS) is 16.2. The van der Waals surface area contributed by atoms with Gasteiger partial charge in [0.25, 0.3) is 5.56 Å². The molecule has 3 heterocycles. The van der Waals surface area contributed by atoms with Crippen molar-refractivity contribution in [2.75, 3.05) is 13.1 Å². The van der Waals surface area contributed by atoms with Gasteiger partial charge in [0.15, 0.2) is 0 Å². The fourth-order valence-corrected chi connectivity index (χ4v) is 4.38. The van der Waals surface area contributed by atoms with E-state index < -0.39 is 0 Å². The highest BCUT2D eigenvalue weighted by molar-refractivity contribution is 5.80. The number of aromatic amines is 1. The van der Waals surface area contributed by atoms with E-state index in [4.69, 9.17) is 0 Å². The first-order valence-electron chi connectivity index (χ1n) is 9.77. The molecule has 0 spiro atoms. The van der Waals surface area contributed by atoms with E-state index >= 15 is 0 Å². The average Bonchev–Trinajstić information content (AvgIpc) is 3.12. The summed E-state index contributed by atoms with van der Waals surface area (Å²) in [5.74, 6) is 0.331. The number of fused-ring (bicyclic) bond motifs is 3. The van der Waals surface area contributed by atoms with E-state index in [9.17, 15) is 9.18 Å². The Hall–Kier alpha value is -2.92. The van der Waals surface area contributed by atoms with Crippen molar-refractivity contribution in [3.63, 3.8) is 0 Å². The molecule has 5 rings (SSSR count). The lowest BCUT2D eigenvalue weighted by Crippen LogP contribution is -2.32. The van der Waals surface area contributed by atoms with Crippen LogP contribution in [0.4, 0.5) is 4.39 Å².